The van der Waals surface area contributed by atoms with Gasteiger partial charge < -0.3 is 14.2 Å². The van der Waals surface area contributed by atoms with Crippen molar-refractivity contribution in [3.8, 4) is 0 Å². The number of ether oxygens (including phenoxy) is 3. The van der Waals surface area contributed by atoms with Crippen LogP contribution in [0.4, 0.5) is 0 Å². The number of hydrogen-bond donors (Lipinski definition) is 0. The molecule has 5 heteroatoms. The van der Waals surface area contributed by atoms with E-state index in [1.54, 1.807) is 14.2 Å². The maximum atomic E-state index is 10.7. The smallest absolute Gasteiger partial charge is 0.330 e. The standard InChI is InChI=1S/C10H20O4Si/c1-4-9(11)14-7-5-6-8-15-10(12-2)13-3/h4,10H,1,5-8,15H2,2-3H3. The second-order valence-electron chi connectivity index (χ2n) is 3.12. The highest BCUT2D eigenvalue weighted by Gasteiger charge is 2.04. The lowest BCUT2D eigenvalue weighted by Crippen LogP contribution is -2.21. The maximum absolute atomic E-state index is 10.7. The van der Waals surface area contributed by atoms with Crippen LogP contribution in [-0.4, -0.2) is 42.2 Å². The number of hydrogen-bond acceptors (Lipinski definition) is 4. The third-order valence-electron chi connectivity index (χ3n) is 2.02. The van der Waals surface area contributed by atoms with E-state index in [9.17, 15) is 4.79 Å². The van der Waals surface area contributed by atoms with Gasteiger partial charge in [-0.3, -0.25) is 0 Å². The Hall–Kier alpha value is -0.653. The minimum absolute atomic E-state index is 0.0146. The zero-order valence-electron chi connectivity index (χ0n) is 9.53. The van der Waals surface area contributed by atoms with Gasteiger partial charge in [-0.1, -0.05) is 19.0 Å². The Balaban J connectivity index is 3.24. The van der Waals surface area contributed by atoms with Crippen LogP contribution in [0.3, 0.4) is 0 Å². The van der Waals surface area contributed by atoms with Crippen molar-refractivity contribution in [3.63, 3.8) is 0 Å². The van der Waals surface area contributed by atoms with Crippen LogP contribution in [0, 0.1) is 0 Å². The molecule has 4 nitrogen and oxygen atoms in total. The first-order valence-electron chi connectivity index (χ1n) is 5.09. The molecular formula is C10H20O4Si. The van der Waals surface area contributed by atoms with Gasteiger partial charge in [0.05, 0.1) is 16.1 Å². The molecule has 0 fully saturated rings. The second-order valence-corrected chi connectivity index (χ2v) is 5.07. The SMILES string of the molecule is C=CC(=O)OCCCC[SiH2]C(OC)OC. The molecule has 0 aliphatic rings. The predicted molar refractivity (Wildman–Crippen MR) is 61.5 cm³/mol. The normalized spacial score (nSPS) is 11.1. The van der Waals surface area contributed by atoms with Crippen molar-refractivity contribution in [1.82, 2.24) is 0 Å². The summed E-state index contributed by atoms with van der Waals surface area (Å²) in [6.07, 6.45) is 3.13. The van der Waals surface area contributed by atoms with Crippen LogP contribution in [0.2, 0.25) is 6.04 Å². The summed E-state index contributed by atoms with van der Waals surface area (Å²) < 4.78 is 15.1. The topological polar surface area (TPSA) is 44.8 Å². The van der Waals surface area contributed by atoms with Gasteiger partial charge in [0.1, 0.15) is 5.91 Å². The van der Waals surface area contributed by atoms with E-state index in [2.05, 4.69) is 6.58 Å². The third-order valence-corrected chi connectivity index (χ3v) is 4.07. The summed E-state index contributed by atoms with van der Waals surface area (Å²) in [4.78, 5) is 10.7. The van der Waals surface area contributed by atoms with Crippen molar-refractivity contribution in [2.75, 3.05) is 20.8 Å². The quantitative estimate of drug-likeness (QED) is 0.193. The van der Waals surface area contributed by atoms with Gasteiger partial charge in [-0.25, -0.2) is 4.79 Å². The molecular weight excluding hydrogens is 212 g/mol. The lowest BCUT2D eigenvalue weighted by atomic mass is 10.4. The van der Waals surface area contributed by atoms with E-state index in [4.69, 9.17) is 14.2 Å². The Bertz CT molecular complexity index is 180. The molecule has 0 unspecified atom stereocenters. The summed E-state index contributed by atoms with van der Waals surface area (Å²) in [6, 6.07) is 1.14. The Morgan fingerprint density at radius 2 is 2.07 bits per heavy atom. The van der Waals surface area contributed by atoms with Crippen molar-refractivity contribution in [1.29, 1.82) is 0 Å². The Morgan fingerprint density at radius 1 is 1.40 bits per heavy atom. The molecule has 0 atom stereocenters. The molecule has 0 N–H and O–H groups in total. The van der Waals surface area contributed by atoms with Gasteiger partial charge in [0.15, 0.2) is 0 Å². The molecule has 0 radical (unpaired) electrons. The average Bonchev–Trinajstić information content (AvgIpc) is 2.28. The maximum Gasteiger partial charge on any atom is 0.330 e. The van der Waals surface area contributed by atoms with Gasteiger partial charge >= 0.3 is 5.97 Å². The van der Waals surface area contributed by atoms with Crippen molar-refractivity contribution in [2.45, 2.75) is 24.8 Å². The number of unbranched alkanes of at least 4 members (excludes halogenated alkanes) is 1. The molecule has 0 bridgehead atoms. The molecule has 0 saturated heterocycles. The molecule has 0 amide bonds. The Labute approximate surface area is 93.4 Å². The van der Waals surface area contributed by atoms with Gasteiger partial charge in [0.25, 0.3) is 0 Å². The van der Waals surface area contributed by atoms with E-state index in [0.29, 0.717) is 6.61 Å². The van der Waals surface area contributed by atoms with Gasteiger partial charge in [-0.15, -0.1) is 0 Å². The Kier molecular flexibility index (Phi) is 9.45. The van der Waals surface area contributed by atoms with E-state index < -0.39 is 0 Å². The number of carbonyl (C=O) groups is 1. The highest BCUT2D eigenvalue weighted by atomic mass is 28.2. The zero-order chi connectivity index (χ0) is 11.5. The molecule has 15 heavy (non-hydrogen) atoms. The first-order chi connectivity index (χ1) is 7.24. The minimum atomic E-state index is -0.348. The van der Waals surface area contributed by atoms with E-state index >= 15 is 0 Å². The van der Waals surface area contributed by atoms with E-state index in [0.717, 1.165) is 18.9 Å². The van der Waals surface area contributed by atoms with Crippen molar-refractivity contribution in [2.24, 2.45) is 0 Å². The third kappa shape index (κ3) is 8.35. The van der Waals surface area contributed by atoms with Gasteiger partial charge in [0.2, 0.25) is 0 Å². The molecule has 0 aliphatic carbocycles. The predicted octanol–water partition coefficient (Wildman–Crippen LogP) is 0.659. The monoisotopic (exact) mass is 232 g/mol. The lowest BCUT2D eigenvalue weighted by Gasteiger charge is -2.11. The highest BCUT2D eigenvalue weighted by Crippen LogP contribution is 2.00. The van der Waals surface area contributed by atoms with Crippen LogP contribution >= 0.6 is 0 Å². The molecule has 0 aromatic carbocycles. The fourth-order valence-corrected chi connectivity index (χ4v) is 2.60. The highest BCUT2D eigenvalue weighted by molar-refractivity contribution is 6.36. The molecule has 0 aromatic heterocycles. The van der Waals surface area contributed by atoms with Crippen LogP contribution in [0.1, 0.15) is 12.8 Å². The van der Waals surface area contributed by atoms with Crippen LogP contribution in [0.25, 0.3) is 0 Å². The van der Waals surface area contributed by atoms with Crippen LogP contribution in [0.15, 0.2) is 12.7 Å². The first kappa shape index (κ1) is 14.3. The molecule has 0 aromatic rings. The summed E-state index contributed by atoms with van der Waals surface area (Å²) in [5, 5.41) is 0. The molecule has 0 aliphatic heterocycles. The summed E-state index contributed by atoms with van der Waals surface area (Å²) in [6.45, 7) is 3.80. The van der Waals surface area contributed by atoms with E-state index in [1.165, 1.54) is 6.08 Å². The van der Waals surface area contributed by atoms with Crippen LogP contribution in [-0.2, 0) is 19.0 Å². The molecule has 0 saturated carbocycles. The van der Waals surface area contributed by atoms with Crippen molar-refractivity contribution in [3.05, 3.63) is 12.7 Å². The molecule has 88 valence electrons. The summed E-state index contributed by atoms with van der Waals surface area (Å²) in [7, 11) is 2.99. The van der Waals surface area contributed by atoms with Crippen molar-refractivity contribution >= 4 is 15.5 Å². The van der Waals surface area contributed by atoms with Crippen molar-refractivity contribution < 1.29 is 19.0 Å². The van der Waals surface area contributed by atoms with Gasteiger partial charge in [0, 0.05) is 20.3 Å². The number of esters is 1. The number of methoxy groups -OCH3 is 2. The molecule has 0 heterocycles. The first-order valence-corrected chi connectivity index (χ1v) is 6.91. The Morgan fingerprint density at radius 3 is 2.60 bits per heavy atom. The fraction of sp³-hybridized carbons (Fsp3) is 0.700. The molecule has 0 rings (SSSR count). The largest absolute Gasteiger partial charge is 0.463 e. The number of carbonyl (C=O) groups excluding carboxylic acids is 1. The zero-order valence-corrected chi connectivity index (χ0v) is 10.9. The van der Waals surface area contributed by atoms with E-state index in [-0.39, 0.29) is 21.4 Å². The van der Waals surface area contributed by atoms with E-state index in [1.807, 2.05) is 0 Å². The lowest BCUT2D eigenvalue weighted by molar-refractivity contribution is -0.137. The average molecular weight is 232 g/mol. The number of rotatable bonds is 9. The summed E-state index contributed by atoms with van der Waals surface area (Å²) in [5.41, 5.74) is 0. The summed E-state index contributed by atoms with van der Waals surface area (Å²) in [5.74, 6) is -0.334. The fourth-order valence-electron chi connectivity index (χ4n) is 1.15. The second kappa shape index (κ2) is 9.89. The molecule has 0 spiro atoms. The minimum Gasteiger partial charge on any atom is -0.463 e. The summed E-state index contributed by atoms with van der Waals surface area (Å²) >= 11 is 0. The van der Waals surface area contributed by atoms with Crippen LogP contribution < -0.4 is 0 Å². The van der Waals surface area contributed by atoms with Gasteiger partial charge in [-0.2, -0.15) is 0 Å². The van der Waals surface area contributed by atoms with Crippen LogP contribution in [0.5, 0.6) is 0 Å². The van der Waals surface area contributed by atoms with Gasteiger partial charge in [-0.05, 0) is 6.42 Å².